The molecule has 1 rings (SSSR count). The number of nitrogens with zero attached hydrogens (tertiary/aromatic N) is 2. The van der Waals surface area contributed by atoms with Gasteiger partial charge in [0.2, 0.25) is 5.75 Å². The van der Waals surface area contributed by atoms with Crippen LogP contribution < -0.4 is 0 Å². The van der Waals surface area contributed by atoms with Crippen molar-refractivity contribution in [3.05, 3.63) is 33.6 Å². The van der Waals surface area contributed by atoms with Gasteiger partial charge in [-0.25, -0.2) is 0 Å². The molecule has 7 nitrogen and oxygen atoms in total. The normalized spacial score (nSPS) is 10.2. The van der Waals surface area contributed by atoms with Crippen LogP contribution in [0.5, 0.6) is 5.75 Å². The Balaban J connectivity index is 3.80. The monoisotopic (exact) mass is 418 g/mol. The van der Waals surface area contributed by atoms with Crippen molar-refractivity contribution in [1.82, 2.24) is 0 Å². The second-order valence-electron chi connectivity index (χ2n) is 2.50. The molecule has 0 saturated heterocycles. The van der Waals surface area contributed by atoms with Crippen LogP contribution in [0.15, 0.2) is 13.4 Å². The van der Waals surface area contributed by atoms with Crippen LogP contribution >= 0.6 is 47.8 Å². The van der Waals surface area contributed by atoms with Crippen molar-refractivity contribution in [3.8, 4) is 5.75 Å². The van der Waals surface area contributed by atoms with Crippen molar-refractivity contribution in [3.63, 3.8) is 0 Å². The topological polar surface area (TPSA) is 107 Å². The summed E-state index contributed by atoms with van der Waals surface area (Å²) in [5.74, 6) is -0.686. The predicted octanol–water partition coefficient (Wildman–Crippen LogP) is 3.50. The van der Waals surface area contributed by atoms with Crippen molar-refractivity contribution in [1.29, 1.82) is 0 Å². The highest BCUT2D eigenvalue weighted by Crippen LogP contribution is 2.50. The minimum atomic E-state index is -0.913. The Labute approximate surface area is 113 Å². The van der Waals surface area contributed by atoms with E-state index in [0.29, 0.717) is 0 Å². The smallest absolute Gasteiger partial charge is 0.333 e. The number of hydrogen-bond acceptors (Lipinski definition) is 5. The number of hydrogen-bond donors (Lipinski definition) is 1. The van der Waals surface area contributed by atoms with Crippen molar-refractivity contribution in [2.24, 2.45) is 0 Å². The minimum Gasteiger partial charge on any atom is -0.501 e. The Bertz CT molecular complexity index is 462. The molecule has 0 atom stereocenters. The van der Waals surface area contributed by atoms with Crippen LogP contribution in [0.1, 0.15) is 0 Å². The highest BCUT2D eigenvalue weighted by Gasteiger charge is 2.34. The lowest BCUT2D eigenvalue weighted by molar-refractivity contribution is -0.397. The Kier molecular flexibility index (Phi) is 3.86. The first-order valence-corrected chi connectivity index (χ1v) is 5.85. The Hall–Kier alpha value is -0.740. The van der Waals surface area contributed by atoms with Crippen LogP contribution in [-0.2, 0) is 0 Å². The van der Waals surface area contributed by atoms with Crippen LogP contribution in [0.2, 0.25) is 0 Å². The van der Waals surface area contributed by atoms with Gasteiger partial charge < -0.3 is 5.11 Å². The number of phenols is 1. The molecule has 86 valence electrons. The number of benzene rings is 1. The molecule has 0 heterocycles. The largest absolute Gasteiger partial charge is 0.501 e. The SMILES string of the molecule is O=[N+]([O-])c1c(O)c(Br)c(Br)c([N+](=O)[O-])c1Br. The minimum absolute atomic E-state index is 0.0764. The number of halogens is 3. The van der Waals surface area contributed by atoms with Crippen molar-refractivity contribution in [2.45, 2.75) is 0 Å². The third kappa shape index (κ3) is 2.04. The van der Waals surface area contributed by atoms with E-state index in [1.807, 2.05) is 0 Å². The Morgan fingerprint density at radius 2 is 1.31 bits per heavy atom. The van der Waals surface area contributed by atoms with Crippen molar-refractivity contribution >= 4 is 59.2 Å². The van der Waals surface area contributed by atoms with Gasteiger partial charge in [0, 0.05) is 0 Å². The van der Waals surface area contributed by atoms with E-state index in [4.69, 9.17) is 0 Å². The zero-order chi connectivity index (χ0) is 12.6. The van der Waals surface area contributed by atoms with Gasteiger partial charge in [-0.3, -0.25) is 20.2 Å². The molecule has 0 amide bonds. The Morgan fingerprint density at radius 1 is 0.875 bits per heavy atom. The van der Waals surface area contributed by atoms with Crippen LogP contribution in [0.4, 0.5) is 11.4 Å². The lowest BCUT2D eigenvalue weighted by Gasteiger charge is -2.05. The molecule has 1 aromatic carbocycles. The van der Waals surface area contributed by atoms with Gasteiger partial charge in [0.25, 0.3) is 0 Å². The Morgan fingerprint density at radius 3 is 1.69 bits per heavy atom. The summed E-state index contributed by atoms with van der Waals surface area (Å²) in [4.78, 5) is 19.6. The van der Waals surface area contributed by atoms with Gasteiger partial charge in [0.1, 0.15) is 4.47 Å². The molecular formula is C6HBr3N2O5. The molecule has 0 radical (unpaired) electrons. The van der Waals surface area contributed by atoms with E-state index in [9.17, 15) is 25.3 Å². The fourth-order valence-corrected chi connectivity index (χ4v) is 2.80. The second-order valence-corrected chi connectivity index (χ2v) is 4.88. The van der Waals surface area contributed by atoms with Crippen molar-refractivity contribution < 1.29 is 15.0 Å². The molecule has 0 aliphatic heterocycles. The summed E-state index contributed by atoms with van der Waals surface area (Å²) in [7, 11) is 0. The van der Waals surface area contributed by atoms with Crippen molar-refractivity contribution in [2.75, 3.05) is 0 Å². The summed E-state index contributed by atoms with van der Waals surface area (Å²) < 4.78 is -0.614. The van der Waals surface area contributed by atoms with Crippen LogP contribution in [0.25, 0.3) is 0 Å². The summed E-state index contributed by atoms with van der Waals surface area (Å²) in [6.45, 7) is 0. The predicted molar refractivity (Wildman–Crippen MR) is 64.5 cm³/mol. The molecule has 10 heteroatoms. The first-order chi connectivity index (χ1) is 7.29. The maximum atomic E-state index is 10.7. The maximum Gasteiger partial charge on any atom is 0.333 e. The summed E-state index contributed by atoms with van der Waals surface area (Å²) >= 11 is 8.41. The average molecular weight is 421 g/mol. The molecular weight excluding hydrogens is 420 g/mol. The van der Waals surface area contributed by atoms with E-state index < -0.39 is 31.4 Å². The molecule has 0 aliphatic rings. The third-order valence-electron chi connectivity index (χ3n) is 1.61. The zero-order valence-electron chi connectivity index (χ0n) is 7.11. The molecule has 0 spiro atoms. The first kappa shape index (κ1) is 13.3. The maximum absolute atomic E-state index is 10.7. The molecule has 0 fully saturated rings. The fraction of sp³-hybridized carbons (Fsp3) is 0. The van der Waals surface area contributed by atoms with Gasteiger partial charge in [0.15, 0.2) is 4.47 Å². The lowest BCUT2D eigenvalue weighted by Crippen LogP contribution is -1.98. The number of nitro groups is 2. The highest BCUT2D eigenvalue weighted by atomic mass is 79.9. The van der Waals surface area contributed by atoms with Crippen LogP contribution in [-0.4, -0.2) is 15.0 Å². The van der Waals surface area contributed by atoms with Gasteiger partial charge >= 0.3 is 11.4 Å². The summed E-state index contributed by atoms with van der Waals surface area (Å²) in [6, 6.07) is 0. The highest BCUT2D eigenvalue weighted by molar-refractivity contribution is 9.13. The quantitative estimate of drug-likeness (QED) is 0.447. The van der Waals surface area contributed by atoms with Gasteiger partial charge in [-0.1, -0.05) is 0 Å². The number of aromatic hydroxyl groups is 1. The van der Waals surface area contributed by atoms with Crippen LogP contribution in [0, 0.1) is 20.2 Å². The number of phenolic OH excluding ortho intramolecular Hbond substituents is 1. The van der Waals surface area contributed by atoms with E-state index in [2.05, 4.69) is 47.8 Å². The molecule has 0 aliphatic carbocycles. The van der Waals surface area contributed by atoms with Gasteiger partial charge in [-0.2, -0.15) is 0 Å². The molecule has 0 saturated carbocycles. The summed E-state index contributed by atoms with van der Waals surface area (Å²) in [5.41, 5.74) is -1.29. The molecule has 0 bridgehead atoms. The standard InChI is InChI=1S/C6HBr3N2O5/c7-1-2(8)6(12)5(11(15)16)3(9)4(1)10(13)14/h12H. The van der Waals surface area contributed by atoms with E-state index in [1.54, 1.807) is 0 Å². The second kappa shape index (κ2) is 4.63. The lowest BCUT2D eigenvalue weighted by atomic mass is 10.2. The molecule has 0 aromatic heterocycles. The van der Waals surface area contributed by atoms with Crippen LogP contribution in [0.3, 0.4) is 0 Å². The third-order valence-corrected chi connectivity index (χ3v) is 4.44. The fourth-order valence-electron chi connectivity index (χ4n) is 0.951. The summed E-state index contributed by atoms with van der Waals surface area (Å²) in [5, 5.41) is 30.8. The van der Waals surface area contributed by atoms with E-state index in [0.717, 1.165) is 0 Å². The molecule has 0 unspecified atom stereocenters. The molecule has 1 N–H and O–H groups in total. The van der Waals surface area contributed by atoms with Gasteiger partial charge in [-0.15, -0.1) is 0 Å². The molecule has 16 heavy (non-hydrogen) atoms. The summed E-state index contributed by atoms with van der Waals surface area (Å²) in [6.07, 6.45) is 0. The zero-order valence-corrected chi connectivity index (χ0v) is 11.9. The molecule has 1 aromatic rings. The first-order valence-electron chi connectivity index (χ1n) is 3.47. The number of rotatable bonds is 2. The number of nitro benzene ring substituents is 2. The average Bonchev–Trinajstić information content (AvgIpc) is 2.13. The van der Waals surface area contributed by atoms with E-state index >= 15 is 0 Å². The van der Waals surface area contributed by atoms with Gasteiger partial charge in [0.05, 0.1) is 14.3 Å². The van der Waals surface area contributed by atoms with E-state index in [1.165, 1.54) is 0 Å². The van der Waals surface area contributed by atoms with Gasteiger partial charge in [-0.05, 0) is 47.8 Å². The van der Waals surface area contributed by atoms with E-state index in [-0.39, 0.29) is 8.95 Å².